The van der Waals surface area contributed by atoms with E-state index in [4.69, 9.17) is 0 Å². The quantitative estimate of drug-likeness (QED) is 0.772. The zero-order chi connectivity index (χ0) is 11.4. The maximum Gasteiger partial charge on any atom is 0.0273 e. The fourth-order valence-corrected chi connectivity index (χ4v) is 2.43. The summed E-state index contributed by atoms with van der Waals surface area (Å²) in [4.78, 5) is 6.36. The Labute approximate surface area is 98.0 Å². The zero-order valence-electron chi connectivity index (χ0n) is 10.2. The van der Waals surface area contributed by atoms with Crippen LogP contribution in [0.5, 0.6) is 0 Å². The van der Waals surface area contributed by atoms with Crippen molar-refractivity contribution >= 4 is 5.57 Å². The summed E-state index contributed by atoms with van der Waals surface area (Å²) in [5, 5.41) is 0. The lowest BCUT2D eigenvalue weighted by atomic mass is 9.87. The molecule has 0 atom stereocenters. The SMILES string of the molecule is CN(C)CC1=C(c2ccncc2)CCCC1. The third kappa shape index (κ3) is 2.70. The molecule has 0 radical (unpaired) electrons. The van der Waals surface area contributed by atoms with E-state index < -0.39 is 0 Å². The van der Waals surface area contributed by atoms with Crippen LogP contribution in [0.25, 0.3) is 5.57 Å². The number of aromatic nitrogens is 1. The molecule has 1 aliphatic rings. The van der Waals surface area contributed by atoms with Crippen LogP contribution in [-0.2, 0) is 0 Å². The van der Waals surface area contributed by atoms with Crippen molar-refractivity contribution in [2.24, 2.45) is 0 Å². The first kappa shape index (κ1) is 11.3. The van der Waals surface area contributed by atoms with Crippen molar-refractivity contribution in [2.75, 3.05) is 20.6 Å². The Kier molecular flexibility index (Phi) is 3.73. The Hall–Kier alpha value is -1.15. The van der Waals surface area contributed by atoms with Gasteiger partial charge in [-0.15, -0.1) is 0 Å². The molecule has 0 saturated carbocycles. The first-order valence-electron chi connectivity index (χ1n) is 6.03. The van der Waals surface area contributed by atoms with Gasteiger partial charge in [0.1, 0.15) is 0 Å². The third-order valence-corrected chi connectivity index (χ3v) is 3.12. The number of nitrogens with zero attached hydrogens (tertiary/aromatic N) is 2. The highest BCUT2D eigenvalue weighted by Crippen LogP contribution is 2.32. The van der Waals surface area contributed by atoms with Crippen molar-refractivity contribution in [3.8, 4) is 0 Å². The summed E-state index contributed by atoms with van der Waals surface area (Å²) >= 11 is 0. The summed E-state index contributed by atoms with van der Waals surface area (Å²) < 4.78 is 0. The molecule has 2 heteroatoms. The van der Waals surface area contributed by atoms with Crippen molar-refractivity contribution in [3.63, 3.8) is 0 Å². The molecule has 2 rings (SSSR count). The smallest absolute Gasteiger partial charge is 0.0273 e. The normalized spacial score (nSPS) is 16.9. The zero-order valence-corrected chi connectivity index (χ0v) is 10.2. The average molecular weight is 216 g/mol. The van der Waals surface area contributed by atoms with Crippen LogP contribution in [-0.4, -0.2) is 30.5 Å². The van der Waals surface area contributed by atoms with E-state index in [0.29, 0.717) is 0 Å². The van der Waals surface area contributed by atoms with E-state index in [1.54, 1.807) is 11.1 Å². The van der Waals surface area contributed by atoms with Crippen molar-refractivity contribution in [3.05, 3.63) is 35.7 Å². The minimum absolute atomic E-state index is 1.09. The second kappa shape index (κ2) is 5.26. The minimum Gasteiger partial charge on any atom is -0.305 e. The van der Waals surface area contributed by atoms with E-state index in [-0.39, 0.29) is 0 Å². The molecule has 0 unspecified atom stereocenters. The largest absolute Gasteiger partial charge is 0.305 e. The predicted octanol–water partition coefficient (Wildman–Crippen LogP) is 2.97. The molecule has 16 heavy (non-hydrogen) atoms. The number of allylic oxidation sites excluding steroid dienone is 1. The van der Waals surface area contributed by atoms with Crippen molar-refractivity contribution < 1.29 is 0 Å². The molecule has 0 aliphatic heterocycles. The summed E-state index contributed by atoms with van der Waals surface area (Å²) in [5.74, 6) is 0. The van der Waals surface area contributed by atoms with Gasteiger partial charge in [0.05, 0.1) is 0 Å². The topological polar surface area (TPSA) is 16.1 Å². The summed E-state index contributed by atoms with van der Waals surface area (Å²) in [6, 6.07) is 4.27. The van der Waals surface area contributed by atoms with Crippen LogP contribution >= 0.6 is 0 Å². The Balaban J connectivity index is 2.30. The lowest BCUT2D eigenvalue weighted by Crippen LogP contribution is -2.17. The standard InChI is InChI=1S/C14H20N2/c1-16(2)11-13-5-3-4-6-14(13)12-7-9-15-10-8-12/h7-10H,3-6,11H2,1-2H3. The lowest BCUT2D eigenvalue weighted by Gasteiger charge is -2.23. The fraction of sp³-hybridized carbons (Fsp3) is 0.500. The molecule has 0 N–H and O–H groups in total. The van der Waals surface area contributed by atoms with Gasteiger partial charge in [-0.3, -0.25) is 4.98 Å². The molecule has 1 aliphatic carbocycles. The Morgan fingerprint density at radius 3 is 2.50 bits per heavy atom. The van der Waals surface area contributed by atoms with Crippen LogP contribution in [0.4, 0.5) is 0 Å². The van der Waals surface area contributed by atoms with Gasteiger partial charge in [-0.05, 0) is 63.0 Å². The number of rotatable bonds is 3. The van der Waals surface area contributed by atoms with Crippen LogP contribution in [0.15, 0.2) is 30.1 Å². The van der Waals surface area contributed by atoms with E-state index >= 15 is 0 Å². The molecular weight excluding hydrogens is 196 g/mol. The van der Waals surface area contributed by atoms with Gasteiger partial charge in [0.2, 0.25) is 0 Å². The van der Waals surface area contributed by atoms with Crippen LogP contribution in [0.1, 0.15) is 31.2 Å². The second-order valence-electron chi connectivity index (χ2n) is 4.76. The van der Waals surface area contributed by atoms with Gasteiger partial charge in [-0.2, -0.15) is 0 Å². The van der Waals surface area contributed by atoms with E-state index in [0.717, 1.165) is 6.54 Å². The van der Waals surface area contributed by atoms with E-state index in [9.17, 15) is 0 Å². The predicted molar refractivity (Wildman–Crippen MR) is 68.2 cm³/mol. The van der Waals surface area contributed by atoms with Crippen molar-refractivity contribution in [1.29, 1.82) is 0 Å². The maximum absolute atomic E-state index is 4.09. The highest BCUT2D eigenvalue weighted by molar-refractivity contribution is 5.69. The molecule has 2 nitrogen and oxygen atoms in total. The number of pyridine rings is 1. The lowest BCUT2D eigenvalue weighted by molar-refractivity contribution is 0.434. The summed E-state index contributed by atoms with van der Waals surface area (Å²) in [6.07, 6.45) is 8.95. The van der Waals surface area contributed by atoms with Crippen LogP contribution < -0.4 is 0 Å². The minimum atomic E-state index is 1.09. The number of hydrogen-bond donors (Lipinski definition) is 0. The summed E-state index contributed by atoms with van der Waals surface area (Å²) in [7, 11) is 4.29. The first-order chi connectivity index (χ1) is 7.77. The van der Waals surface area contributed by atoms with Gasteiger partial charge in [-0.1, -0.05) is 5.57 Å². The number of hydrogen-bond acceptors (Lipinski definition) is 2. The molecule has 0 aromatic carbocycles. The van der Waals surface area contributed by atoms with Gasteiger partial charge in [0.15, 0.2) is 0 Å². The van der Waals surface area contributed by atoms with Crippen LogP contribution in [0, 0.1) is 0 Å². The van der Waals surface area contributed by atoms with E-state index in [2.05, 4.69) is 36.1 Å². The Morgan fingerprint density at radius 1 is 1.12 bits per heavy atom. The molecular formula is C14H20N2. The summed E-state index contributed by atoms with van der Waals surface area (Å²) in [5.41, 5.74) is 4.54. The van der Waals surface area contributed by atoms with Gasteiger partial charge in [-0.25, -0.2) is 0 Å². The molecule has 0 spiro atoms. The van der Waals surface area contributed by atoms with E-state index in [1.165, 1.54) is 31.2 Å². The maximum atomic E-state index is 4.09. The first-order valence-corrected chi connectivity index (χ1v) is 6.03. The van der Waals surface area contributed by atoms with Gasteiger partial charge in [0, 0.05) is 18.9 Å². The monoisotopic (exact) mass is 216 g/mol. The Morgan fingerprint density at radius 2 is 1.81 bits per heavy atom. The van der Waals surface area contributed by atoms with Gasteiger partial charge < -0.3 is 4.90 Å². The fourth-order valence-electron chi connectivity index (χ4n) is 2.43. The summed E-state index contributed by atoms with van der Waals surface area (Å²) in [6.45, 7) is 1.09. The van der Waals surface area contributed by atoms with Crippen molar-refractivity contribution in [2.45, 2.75) is 25.7 Å². The van der Waals surface area contributed by atoms with Crippen molar-refractivity contribution in [1.82, 2.24) is 9.88 Å². The molecule has 1 aromatic heterocycles. The molecule has 0 bridgehead atoms. The molecule has 86 valence electrons. The second-order valence-corrected chi connectivity index (χ2v) is 4.76. The van der Waals surface area contributed by atoms with Gasteiger partial charge >= 0.3 is 0 Å². The molecule has 1 aromatic rings. The molecule has 0 fully saturated rings. The molecule has 1 heterocycles. The molecule has 0 saturated heterocycles. The third-order valence-electron chi connectivity index (χ3n) is 3.12. The Bertz CT molecular complexity index is 366. The van der Waals surface area contributed by atoms with Gasteiger partial charge in [0.25, 0.3) is 0 Å². The molecule has 0 amide bonds. The number of likely N-dealkylation sites (N-methyl/N-ethyl adjacent to an activating group) is 1. The average Bonchev–Trinajstić information content (AvgIpc) is 2.30. The van der Waals surface area contributed by atoms with Crippen LogP contribution in [0.2, 0.25) is 0 Å². The van der Waals surface area contributed by atoms with Crippen LogP contribution in [0.3, 0.4) is 0 Å². The highest BCUT2D eigenvalue weighted by Gasteiger charge is 2.14. The van der Waals surface area contributed by atoms with E-state index in [1.807, 2.05) is 12.4 Å². The highest BCUT2D eigenvalue weighted by atomic mass is 15.0.